The molecule has 0 aliphatic rings. The van der Waals surface area contributed by atoms with Crippen LogP contribution < -0.4 is 10.1 Å². The van der Waals surface area contributed by atoms with Crippen molar-refractivity contribution in [2.45, 2.75) is 46.0 Å². The Bertz CT molecular complexity index is 545. The Morgan fingerprint density at radius 1 is 1.15 bits per heavy atom. The Kier molecular flexibility index (Phi) is 13.6. The van der Waals surface area contributed by atoms with E-state index in [1.54, 1.807) is 0 Å². The quantitative estimate of drug-likeness (QED) is 0.316. The van der Waals surface area contributed by atoms with Crippen molar-refractivity contribution < 1.29 is 24.5 Å². The van der Waals surface area contributed by atoms with Crippen molar-refractivity contribution in [3.8, 4) is 5.75 Å². The summed E-state index contributed by atoms with van der Waals surface area (Å²) >= 11 is 0. The molecule has 0 aromatic heterocycles. The summed E-state index contributed by atoms with van der Waals surface area (Å²) in [7, 11) is 0. The molecule has 146 valence electrons. The Labute approximate surface area is 155 Å². The molecule has 1 rings (SSSR count). The van der Waals surface area contributed by atoms with Gasteiger partial charge in [0.1, 0.15) is 5.75 Å². The normalized spacial score (nSPS) is 9.77. The van der Waals surface area contributed by atoms with Gasteiger partial charge in [-0.3, -0.25) is 0 Å². The third-order valence-corrected chi connectivity index (χ3v) is 3.54. The van der Waals surface area contributed by atoms with Crippen LogP contribution in [0.5, 0.6) is 5.75 Å². The summed E-state index contributed by atoms with van der Waals surface area (Å²) in [6.07, 6.45) is 7.60. The lowest BCUT2D eigenvalue weighted by atomic mass is 10.1. The van der Waals surface area contributed by atoms with Crippen LogP contribution in [0.25, 0.3) is 0 Å². The van der Waals surface area contributed by atoms with Crippen molar-refractivity contribution in [1.82, 2.24) is 5.32 Å². The zero-order valence-corrected chi connectivity index (χ0v) is 15.8. The number of unbranched alkanes of at least 4 members (excludes halogenated alkanes) is 2. The van der Waals surface area contributed by atoms with E-state index in [1.165, 1.54) is 30.4 Å². The topological polar surface area (TPSA) is 95.9 Å². The average Bonchev–Trinajstić information content (AvgIpc) is 2.60. The Balaban J connectivity index is 0.000000896. The summed E-state index contributed by atoms with van der Waals surface area (Å²) in [6.45, 7) is 11.2. The Morgan fingerprint density at radius 3 is 2.38 bits per heavy atom. The molecular formula is C20H31NO5. The molecule has 1 aromatic carbocycles. The number of benzene rings is 1. The van der Waals surface area contributed by atoms with E-state index in [2.05, 4.69) is 43.9 Å². The van der Waals surface area contributed by atoms with Crippen LogP contribution in [0, 0.1) is 6.92 Å². The third kappa shape index (κ3) is 11.3. The summed E-state index contributed by atoms with van der Waals surface area (Å²) in [4.78, 5) is 18.2. The molecule has 0 amide bonds. The van der Waals surface area contributed by atoms with Gasteiger partial charge in [0, 0.05) is 0 Å². The van der Waals surface area contributed by atoms with Crippen molar-refractivity contribution in [2.24, 2.45) is 0 Å². The molecule has 0 saturated carbocycles. The lowest BCUT2D eigenvalue weighted by molar-refractivity contribution is -0.159. The number of para-hydroxylation sites is 1. The van der Waals surface area contributed by atoms with Crippen molar-refractivity contribution >= 4 is 11.9 Å². The molecule has 0 heterocycles. The van der Waals surface area contributed by atoms with E-state index in [0.29, 0.717) is 0 Å². The number of carboxylic acids is 2. The molecule has 0 aliphatic heterocycles. The molecule has 0 atom stereocenters. The second kappa shape index (κ2) is 15.0. The molecule has 0 saturated heterocycles. The van der Waals surface area contributed by atoms with E-state index in [9.17, 15) is 0 Å². The number of carbonyl (C=O) groups is 2. The maximum absolute atomic E-state index is 9.10. The van der Waals surface area contributed by atoms with Crippen molar-refractivity contribution in [3.63, 3.8) is 0 Å². The van der Waals surface area contributed by atoms with Gasteiger partial charge in [0.2, 0.25) is 0 Å². The van der Waals surface area contributed by atoms with Gasteiger partial charge in [-0.2, -0.15) is 0 Å². The molecule has 6 heteroatoms. The first-order valence-corrected chi connectivity index (χ1v) is 8.93. The Hall–Kier alpha value is -2.34. The van der Waals surface area contributed by atoms with Crippen LogP contribution in [0.15, 0.2) is 30.9 Å². The highest BCUT2D eigenvalue weighted by molar-refractivity contribution is 6.27. The number of aliphatic carboxylic acids is 2. The smallest absolute Gasteiger partial charge is 0.414 e. The van der Waals surface area contributed by atoms with Crippen LogP contribution >= 0.6 is 0 Å². The summed E-state index contributed by atoms with van der Waals surface area (Å²) in [6, 6.07) is 6.31. The summed E-state index contributed by atoms with van der Waals surface area (Å²) in [5.41, 5.74) is 2.45. The highest BCUT2D eigenvalue weighted by atomic mass is 16.5. The van der Waals surface area contributed by atoms with Gasteiger partial charge in [-0.1, -0.05) is 37.6 Å². The maximum Gasteiger partial charge on any atom is 0.414 e. The first kappa shape index (κ1) is 23.7. The third-order valence-electron chi connectivity index (χ3n) is 3.54. The van der Waals surface area contributed by atoms with Crippen LogP contribution in [-0.4, -0.2) is 41.8 Å². The number of nitrogens with one attached hydrogen (secondary N) is 1. The minimum atomic E-state index is -1.82. The fourth-order valence-corrected chi connectivity index (χ4v) is 2.19. The zero-order chi connectivity index (χ0) is 19.8. The van der Waals surface area contributed by atoms with Crippen molar-refractivity contribution in [1.29, 1.82) is 0 Å². The monoisotopic (exact) mass is 365 g/mol. The molecule has 26 heavy (non-hydrogen) atoms. The van der Waals surface area contributed by atoms with Gasteiger partial charge in [0.25, 0.3) is 0 Å². The fraction of sp³-hybridized carbons (Fsp3) is 0.500. The zero-order valence-electron chi connectivity index (χ0n) is 15.8. The molecule has 3 N–H and O–H groups in total. The number of hydrogen-bond donors (Lipinski definition) is 3. The van der Waals surface area contributed by atoms with Gasteiger partial charge in [-0.25, -0.2) is 9.59 Å². The molecule has 0 bridgehead atoms. The van der Waals surface area contributed by atoms with Crippen LogP contribution in [0.2, 0.25) is 0 Å². The molecule has 0 aliphatic carbocycles. The lowest BCUT2D eigenvalue weighted by Crippen LogP contribution is -2.17. The van der Waals surface area contributed by atoms with Crippen LogP contribution in [0.1, 0.15) is 43.7 Å². The van der Waals surface area contributed by atoms with Gasteiger partial charge in [0.05, 0.1) is 6.61 Å². The predicted molar refractivity (Wildman–Crippen MR) is 103 cm³/mol. The van der Waals surface area contributed by atoms with Crippen LogP contribution in [0.3, 0.4) is 0 Å². The van der Waals surface area contributed by atoms with Gasteiger partial charge >= 0.3 is 11.9 Å². The van der Waals surface area contributed by atoms with E-state index in [0.717, 1.165) is 38.3 Å². The van der Waals surface area contributed by atoms with Gasteiger partial charge in [0.15, 0.2) is 0 Å². The van der Waals surface area contributed by atoms with Crippen LogP contribution in [0.4, 0.5) is 0 Å². The molecule has 0 unspecified atom stereocenters. The SMILES string of the molecule is C=CCc1cccc(C)c1OCCCCNCCCC.O=C(O)C(=O)O. The standard InChI is InChI=1S/C18H29NO.C2H2O4/c1-4-6-13-19-14-7-8-15-20-18-16(3)11-9-12-17(18)10-5-2;3-1(4)2(5)6/h5,9,11-12,19H,2,4,6-8,10,13-15H2,1,3H3;(H,3,4)(H,5,6). The summed E-state index contributed by atoms with van der Waals surface area (Å²) < 4.78 is 5.97. The molecule has 0 radical (unpaired) electrons. The highest BCUT2D eigenvalue weighted by Crippen LogP contribution is 2.24. The van der Waals surface area contributed by atoms with E-state index >= 15 is 0 Å². The highest BCUT2D eigenvalue weighted by Gasteiger charge is 2.05. The lowest BCUT2D eigenvalue weighted by Gasteiger charge is -2.13. The predicted octanol–water partition coefficient (Wildman–Crippen LogP) is 3.43. The number of aryl methyl sites for hydroxylation is 1. The number of ether oxygens (including phenoxy) is 1. The largest absolute Gasteiger partial charge is 0.493 e. The summed E-state index contributed by atoms with van der Waals surface area (Å²) in [5, 5.41) is 18.2. The first-order valence-electron chi connectivity index (χ1n) is 8.93. The summed E-state index contributed by atoms with van der Waals surface area (Å²) in [5.74, 6) is -2.60. The number of hydrogen-bond acceptors (Lipinski definition) is 4. The molecule has 1 aromatic rings. The maximum atomic E-state index is 9.10. The Morgan fingerprint density at radius 2 is 1.81 bits per heavy atom. The molecular weight excluding hydrogens is 334 g/mol. The van der Waals surface area contributed by atoms with Gasteiger partial charge < -0.3 is 20.3 Å². The molecule has 0 fully saturated rings. The van der Waals surface area contributed by atoms with E-state index in [1.807, 2.05) is 6.08 Å². The van der Waals surface area contributed by atoms with E-state index < -0.39 is 11.9 Å². The van der Waals surface area contributed by atoms with E-state index in [-0.39, 0.29) is 0 Å². The minimum Gasteiger partial charge on any atom is -0.493 e. The van der Waals surface area contributed by atoms with Crippen LogP contribution in [-0.2, 0) is 16.0 Å². The number of rotatable bonds is 11. The first-order chi connectivity index (χ1) is 12.4. The van der Waals surface area contributed by atoms with Crippen molar-refractivity contribution in [3.05, 3.63) is 42.0 Å². The fourth-order valence-electron chi connectivity index (χ4n) is 2.19. The molecule has 6 nitrogen and oxygen atoms in total. The number of carboxylic acid groups (broad SMARTS) is 2. The second-order valence-electron chi connectivity index (χ2n) is 5.83. The minimum absolute atomic E-state index is 0.796. The average molecular weight is 365 g/mol. The van der Waals surface area contributed by atoms with Gasteiger partial charge in [-0.15, -0.1) is 6.58 Å². The second-order valence-corrected chi connectivity index (χ2v) is 5.83. The van der Waals surface area contributed by atoms with Gasteiger partial charge in [-0.05, 0) is 56.8 Å². The van der Waals surface area contributed by atoms with Crippen molar-refractivity contribution in [2.75, 3.05) is 19.7 Å². The van der Waals surface area contributed by atoms with E-state index in [4.69, 9.17) is 24.5 Å². The molecule has 0 spiro atoms. The number of allylic oxidation sites excluding steroid dienone is 1.